The number of hydrogen-bond acceptors (Lipinski definition) is 4. The van der Waals surface area contributed by atoms with E-state index in [-0.39, 0.29) is 12.5 Å². The molecule has 0 aliphatic carbocycles. The van der Waals surface area contributed by atoms with Gasteiger partial charge in [-0.25, -0.2) is 4.79 Å². The van der Waals surface area contributed by atoms with E-state index in [1.165, 1.54) is 6.20 Å². The molecule has 0 fully saturated rings. The van der Waals surface area contributed by atoms with Crippen molar-refractivity contribution in [1.29, 1.82) is 0 Å². The molecule has 1 aromatic carbocycles. The minimum absolute atomic E-state index is 0.129. The first-order chi connectivity index (χ1) is 12.4. The summed E-state index contributed by atoms with van der Waals surface area (Å²) >= 11 is 0. The van der Waals surface area contributed by atoms with Gasteiger partial charge in [-0.15, -0.1) is 0 Å². The van der Waals surface area contributed by atoms with Gasteiger partial charge in [0.25, 0.3) is 0 Å². The van der Waals surface area contributed by atoms with Gasteiger partial charge in [-0.1, -0.05) is 17.7 Å². The van der Waals surface area contributed by atoms with Crippen LogP contribution in [-0.4, -0.2) is 42.0 Å². The van der Waals surface area contributed by atoms with Crippen molar-refractivity contribution < 1.29 is 14.3 Å². The molecule has 1 aromatic heterocycles. The van der Waals surface area contributed by atoms with Crippen molar-refractivity contribution in [3.63, 3.8) is 0 Å². The summed E-state index contributed by atoms with van der Waals surface area (Å²) < 4.78 is 6.63. The number of urea groups is 1. The maximum absolute atomic E-state index is 12.1. The third kappa shape index (κ3) is 5.59. The quantitative estimate of drug-likeness (QED) is 0.706. The van der Waals surface area contributed by atoms with Crippen LogP contribution in [0.15, 0.2) is 24.5 Å². The van der Waals surface area contributed by atoms with Gasteiger partial charge in [0.2, 0.25) is 5.91 Å². The highest BCUT2D eigenvalue weighted by Gasteiger charge is 2.10. The zero-order valence-corrected chi connectivity index (χ0v) is 15.5. The Labute approximate surface area is 152 Å². The Morgan fingerprint density at radius 2 is 1.85 bits per heavy atom. The number of anilines is 2. The molecule has 3 N–H and O–H groups in total. The number of carbonyl (C=O) groups is 2. The van der Waals surface area contributed by atoms with Gasteiger partial charge in [-0.05, 0) is 31.9 Å². The van der Waals surface area contributed by atoms with Crippen molar-refractivity contribution in [2.75, 3.05) is 30.9 Å². The van der Waals surface area contributed by atoms with Crippen LogP contribution in [0.3, 0.4) is 0 Å². The fraction of sp³-hybridized carbons (Fsp3) is 0.389. The number of nitrogens with one attached hydrogen (secondary N) is 3. The number of aryl methyl sites for hydroxylation is 3. The molecule has 0 spiro atoms. The lowest BCUT2D eigenvalue weighted by atomic mass is 10.1. The Balaban J connectivity index is 1.82. The van der Waals surface area contributed by atoms with Gasteiger partial charge in [0.15, 0.2) is 0 Å². The van der Waals surface area contributed by atoms with Crippen LogP contribution in [0.2, 0.25) is 0 Å². The number of benzene rings is 1. The summed E-state index contributed by atoms with van der Waals surface area (Å²) in [5.41, 5.74) is 4.44. The maximum Gasteiger partial charge on any atom is 0.319 e. The van der Waals surface area contributed by atoms with Crippen molar-refractivity contribution >= 4 is 23.3 Å². The fourth-order valence-electron chi connectivity index (χ4n) is 2.63. The van der Waals surface area contributed by atoms with Crippen molar-refractivity contribution in [1.82, 2.24) is 15.1 Å². The van der Waals surface area contributed by atoms with Crippen molar-refractivity contribution in [3.05, 3.63) is 41.2 Å². The molecule has 1 heterocycles. The molecule has 3 amide bonds. The number of nitrogens with zero attached hydrogens (tertiary/aromatic N) is 2. The largest absolute Gasteiger partial charge is 0.383 e. The van der Waals surface area contributed by atoms with Gasteiger partial charge in [-0.3, -0.25) is 9.48 Å². The number of rotatable bonds is 7. The van der Waals surface area contributed by atoms with E-state index in [0.717, 1.165) is 22.4 Å². The molecule has 8 heteroatoms. The number of aromatic nitrogens is 2. The zero-order valence-electron chi connectivity index (χ0n) is 15.5. The number of amides is 3. The number of hydrogen-bond donors (Lipinski definition) is 3. The Hall–Kier alpha value is -2.87. The SMILES string of the molecule is COCCn1cc(NC(=O)NCC(=O)Nc2c(C)cc(C)cc2C)cn1. The summed E-state index contributed by atoms with van der Waals surface area (Å²) in [6, 6.07) is 3.54. The molecule has 0 aliphatic rings. The molecule has 2 rings (SSSR count). The second-order valence-electron chi connectivity index (χ2n) is 6.11. The molecule has 8 nitrogen and oxygen atoms in total. The Kier molecular flexibility index (Phi) is 6.74. The van der Waals surface area contributed by atoms with Crippen LogP contribution < -0.4 is 16.0 Å². The van der Waals surface area contributed by atoms with Crippen LogP contribution >= 0.6 is 0 Å². The molecule has 0 atom stereocenters. The summed E-state index contributed by atoms with van der Waals surface area (Å²) in [5, 5.41) is 12.1. The van der Waals surface area contributed by atoms with Gasteiger partial charge in [-0.2, -0.15) is 5.10 Å². The molecule has 0 radical (unpaired) electrons. The zero-order chi connectivity index (χ0) is 19.1. The van der Waals surface area contributed by atoms with E-state index in [1.807, 2.05) is 32.9 Å². The molecule has 2 aromatic rings. The smallest absolute Gasteiger partial charge is 0.319 e. The van der Waals surface area contributed by atoms with Gasteiger partial charge in [0.1, 0.15) is 0 Å². The average Bonchev–Trinajstić information content (AvgIpc) is 3.01. The Bertz CT molecular complexity index is 762. The maximum atomic E-state index is 12.1. The third-order valence-electron chi connectivity index (χ3n) is 3.77. The first kappa shape index (κ1) is 19.5. The number of ether oxygens (including phenoxy) is 1. The predicted octanol–water partition coefficient (Wildman–Crippen LogP) is 2.21. The molecule has 0 unspecified atom stereocenters. The first-order valence-corrected chi connectivity index (χ1v) is 8.33. The summed E-state index contributed by atoms with van der Waals surface area (Å²) in [7, 11) is 1.61. The molecule has 0 aliphatic heterocycles. The molecule has 0 saturated heterocycles. The van der Waals surface area contributed by atoms with E-state index in [2.05, 4.69) is 21.0 Å². The molecule has 0 bridgehead atoms. The van der Waals surface area contributed by atoms with Crippen LogP contribution in [0, 0.1) is 20.8 Å². The van der Waals surface area contributed by atoms with Crippen LogP contribution in [0.1, 0.15) is 16.7 Å². The third-order valence-corrected chi connectivity index (χ3v) is 3.77. The summed E-state index contributed by atoms with van der Waals surface area (Å²) in [6.45, 7) is 6.89. The molecular formula is C18H25N5O3. The average molecular weight is 359 g/mol. The lowest BCUT2D eigenvalue weighted by Crippen LogP contribution is -2.35. The monoisotopic (exact) mass is 359 g/mol. The van der Waals surface area contributed by atoms with Crippen molar-refractivity contribution in [3.8, 4) is 0 Å². The fourth-order valence-corrected chi connectivity index (χ4v) is 2.63. The standard InChI is InChI=1S/C18H25N5O3/c1-12-7-13(2)17(14(3)8-12)22-16(24)10-19-18(25)21-15-9-20-23(11-15)5-6-26-4/h7-9,11H,5-6,10H2,1-4H3,(H,22,24)(H2,19,21,25). The van der Waals surface area contributed by atoms with Gasteiger partial charge < -0.3 is 20.7 Å². The highest BCUT2D eigenvalue weighted by Crippen LogP contribution is 2.21. The lowest BCUT2D eigenvalue weighted by Gasteiger charge is -2.13. The number of carbonyl (C=O) groups excluding carboxylic acids is 2. The van der Waals surface area contributed by atoms with Crippen molar-refractivity contribution in [2.24, 2.45) is 0 Å². The molecule has 26 heavy (non-hydrogen) atoms. The number of methoxy groups -OCH3 is 1. The lowest BCUT2D eigenvalue weighted by molar-refractivity contribution is -0.115. The van der Waals surface area contributed by atoms with Crippen LogP contribution in [0.4, 0.5) is 16.2 Å². The van der Waals surface area contributed by atoms with E-state index in [4.69, 9.17) is 4.74 Å². The molecule has 0 saturated carbocycles. The van der Waals surface area contributed by atoms with E-state index >= 15 is 0 Å². The Morgan fingerprint density at radius 3 is 2.50 bits per heavy atom. The molecular weight excluding hydrogens is 334 g/mol. The van der Waals surface area contributed by atoms with Crippen molar-refractivity contribution in [2.45, 2.75) is 27.3 Å². The topological polar surface area (TPSA) is 97.3 Å². The second kappa shape index (κ2) is 9.00. The minimum atomic E-state index is -0.469. The van der Waals surface area contributed by atoms with E-state index in [9.17, 15) is 9.59 Å². The minimum Gasteiger partial charge on any atom is -0.383 e. The van der Waals surface area contributed by atoms with E-state index in [0.29, 0.717) is 18.8 Å². The van der Waals surface area contributed by atoms with Gasteiger partial charge >= 0.3 is 6.03 Å². The van der Waals surface area contributed by atoms with Crippen LogP contribution in [0.5, 0.6) is 0 Å². The highest BCUT2D eigenvalue weighted by molar-refractivity contribution is 5.97. The normalized spacial score (nSPS) is 10.5. The summed E-state index contributed by atoms with van der Waals surface area (Å²) in [6.07, 6.45) is 3.23. The van der Waals surface area contributed by atoms with Crippen LogP contribution in [0.25, 0.3) is 0 Å². The van der Waals surface area contributed by atoms with Crippen LogP contribution in [-0.2, 0) is 16.1 Å². The first-order valence-electron chi connectivity index (χ1n) is 8.33. The highest BCUT2D eigenvalue weighted by atomic mass is 16.5. The molecule has 140 valence electrons. The second-order valence-corrected chi connectivity index (χ2v) is 6.11. The summed E-state index contributed by atoms with van der Waals surface area (Å²) in [4.78, 5) is 24.0. The van der Waals surface area contributed by atoms with Gasteiger partial charge in [0.05, 0.1) is 31.6 Å². The van der Waals surface area contributed by atoms with E-state index in [1.54, 1.807) is 18.0 Å². The van der Waals surface area contributed by atoms with E-state index < -0.39 is 6.03 Å². The summed E-state index contributed by atoms with van der Waals surface area (Å²) in [5.74, 6) is -0.286. The van der Waals surface area contributed by atoms with Gasteiger partial charge in [0, 0.05) is 19.0 Å². The predicted molar refractivity (Wildman–Crippen MR) is 100 cm³/mol. The Morgan fingerprint density at radius 1 is 1.15 bits per heavy atom.